The van der Waals surface area contributed by atoms with Crippen molar-refractivity contribution in [1.29, 1.82) is 0 Å². The summed E-state index contributed by atoms with van der Waals surface area (Å²) >= 11 is 1.61. The highest BCUT2D eigenvalue weighted by Crippen LogP contribution is 2.31. The van der Waals surface area contributed by atoms with E-state index in [0.29, 0.717) is 12.6 Å². The molecule has 0 aliphatic carbocycles. The summed E-state index contributed by atoms with van der Waals surface area (Å²) in [5, 5.41) is 7.24. The Morgan fingerprint density at radius 3 is 3.00 bits per heavy atom. The number of benzene rings is 1. The van der Waals surface area contributed by atoms with E-state index in [-0.39, 0.29) is 24.2 Å². The minimum Gasteiger partial charge on any atom is -0.457 e. The van der Waals surface area contributed by atoms with Crippen molar-refractivity contribution in [3.8, 4) is 10.8 Å². The topological polar surface area (TPSA) is 67.2 Å². The maximum absolute atomic E-state index is 12.3. The van der Waals surface area contributed by atoms with Crippen molar-refractivity contribution < 1.29 is 9.21 Å². The molecular weight excluding hydrogens is 370 g/mol. The second-order valence-corrected chi connectivity index (χ2v) is 7.58. The molecule has 1 aliphatic rings. The molecule has 2 N–H and O–H groups in total. The van der Waals surface area contributed by atoms with Gasteiger partial charge in [-0.3, -0.25) is 4.79 Å². The number of para-hydroxylation sites is 1. The monoisotopic (exact) mass is 391 g/mol. The van der Waals surface area contributed by atoms with E-state index in [9.17, 15) is 4.79 Å². The Morgan fingerprint density at radius 1 is 1.35 bits per heavy atom. The second kappa shape index (κ2) is 8.20. The third-order valence-electron chi connectivity index (χ3n) is 4.60. The van der Waals surface area contributed by atoms with E-state index in [1.807, 2.05) is 30.3 Å². The predicted molar refractivity (Wildman–Crippen MR) is 107 cm³/mol. The quantitative estimate of drug-likeness (QED) is 0.705. The van der Waals surface area contributed by atoms with Crippen molar-refractivity contribution in [2.75, 3.05) is 6.54 Å². The van der Waals surface area contributed by atoms with E-state index >= 15 is 0 Å². The van der Waals surface area contributed by atoms with Crippen LogP contribution in [0, 0.1) is 5.92 Å². The van der Waals surface area contributed by atoms with E-state index in [4.69, 9.17) is 4.42 Å². The van der Waals surface area contributed by atoms with Crippen LogP contribution in [-0.4, -0.2) is 23.5 Å². The molecule has 0 spiro atoms. The van der Waals surface area contributed by atoms with Gasteiger partial charge in [0, 0.05) is 12.0 Å². The summed E-state index contributed by atoms with van der Waals surface area (Å²) in [6, 6.07) is 12.3. The van der Waals surface area contributed by atoms with Crippen LogP contribution < -0.4 is 10.6 Å². The summed E-state index contributed by atoms with van der Waals surface area (Å²) in [7, 11) is 0. The smallest absolute Gasteiger partial charge is 0.223 e. The highest BCUT2D eigenvalue weighted by Gasteiger charge is 2.24. The zero-order valence-electron chi connectivity index (χ0n) is 14.5. The number of aromatic nitrogens is 1. The van der Waals surface area contributed by atoms with Gasteiger partial charge in [0.1, 0.15) is 5.76 Å². The maximum Gasteiger partial charge on any atom is 0.223 e. The molecule has 7 heteroatoms. The van der Waals surface area contributed by atoms with Gasteiger partial charge >= 0.3 is 0 Å². The molecule has 3 aromatic rings. The summed E-state index contributed by atoms with van der Waals surface area (Å²) in [6.45, 7) is 3.44. The number of rotatable bonds is 4. The van der Waals surface area contributed by atoms with Gasteiger partial charge in [0.25, 0.3) is 0 Å². The standard InChI is InChI=1S/C19H21N3O2S.ClH/c1-12-10-13(8-9-20-12)18(23)21-11-14-6-7-16(24-14)19-22-15-4-2-3-5-17(15)25-19;/h2-7,12-13,20H,8-11H2,1H3,(H,21,23);1H/t12-,13-;/m0./s1. The molecule has 1 fully saturated rings. The lowest BCUT2D eigenvalue weighted by Crippen LogP contribution is -2.42. The fourth-order valence-electron chi connectivity index (χ4n) is 3.25. The van der Waals surface area contributed by atoms with Gasteiger partial charge in [-0.2, -0.15) is 0 Å². The molecule has 2 atom stereocenters. The Balaban J connectivity index is 0.00000196. The summed E-state index contributed by atoms with van der Waals surface area (Å²) in [4.78, 5) is 16.9. The molecule has 0 unspecified atom stereocenters. The number of fused-ring (bicyclic) bond motifs is 1. The third kappa shape index (κ3) is 4.09. The molecule has 0 saturated carbocycles. The van der Waals surface area contributed by atoms with Gasteiger partial charge in [-0.25, -0.2) is 4.98 Å². The van der Waals surface area contributed by atoms with Crippen molar-refractivity contribution in [1.82, 2.24) is 15.6 Å². The highest BCUT2D eigenvalue weighted by atomic mass is 35.5. The number of hydrogen-bond acceptors (Lipinski definition) is 5. The van der Waals surface area contributed by atoms with Crippen molar-refractivity contribution >= 4 is 39.9 Å². The number of thiazole rings is 1. The van der Waals surface area contributed by atoms with Crippen molar-refractivity contribution in [2.45, 2.75) is 32.4 Å². The summed E-state index contributed by atoms with van der Waals surface area (Å²) < 4.78 is 7.02. The van der Waals surface area contributed by atoms with E-state index in [1.54, 1.807) is 11.3 Å². The van der Waals surface area contributed by atoms with E-state index < -0.39 is 0 Å². The Hall–Kier alpha value is -1.89. The molecule has 1 aliphatic heterocycles. The largest absolute Gasteiger partial charge is 0.457 e. The van der Waals surface area contributed by atoms with Gasteiger partial charge in [-0.05, 0) is 50.6 Å². The summed E-state index contributed by atoms with van der Waals surface area (Å²) in [5.41, 5.74) is 0.980. The number of piperidine rings is 1. The molecule has 5 nitrogen and oxygen atoms in total. The van der Waals surface area contributed by atoms with Crippen LogP contribution in [0.25, 0.3) is 21.0 Å². The van der Waals surface area contributed by atoms with Crippen LogP contribution >= 0.6 is 23.7 Å². The van der Waals surface area contributed by atoms with Gasteiger partial charge in [-0.15, -0.1) is 23.7 Å². The van der Waals surface area contributed by atoms with Gasteiger partial charge in [0.15, 0.2) is 10.8 Å². The lowest BCUT2D eigenvalue weighted by atomic mass is 9.92. The molecule has 0 bridgehead atoms. The van der Waals surface area contributed by atoms with Crippen LogP contribution in [0.4, 0.5) is 0 Å². The SMILES string of the molecule is C[C@H]1C[C@@H](C(=O)NCc2ccc(-c3nc4ccccc4s3)o2)CCN1.Cl. The molecule has 0 radical (unpaired) electrons. The summed E-state index contributed by atoms with van der Waals surface area (Å²) in [5.74, 6) is 1.71. The number of nitrogens with one attached hydrogen (secondary N) is 2. The number of carbonyl (C=O) groups excluding carboxylic acids is 1. The Labute approximate surface area is 162 Å². The first-order valence-electron chi connectivity index (χ1n) is 8.65. The second-order valence-electron chi connectivity index (χ2n) is 6.55. The maximum atomic E-state index is 12.3. The van der Waals surface area contributed by atoms with Crippen LogP contribution in [0.15, 0.2) is 40.8 Å². The van der Waals surface area contributed by atoms with Crippen molar-refractivity contribution in [3.63, 3.8) is 0 Å². The van der Waals surface area contributed by atoms with Crippen molar-refractivity contribution in [2.24, 2.45) is 5.92 Å². The fraction of sp³-hybridized carbons (Fsp3) is 0.368. The van der Waals surface area contributed by atoms with E-state index in [2.05, 4.69) is 28.6 Å². The molecule has 1 amide bonds. The average Bonchev–Trinajstić information content (AvgIpc) is 3.26. The number of hydrogen-bond donors (Lipinski definition) is 2. The number of amides is 1. The van der Waals surface area contributed by atoms with Crippen LogP contribution in [0.5, 0.6) is 0 Å². The molecule has 2 aromatic heterocycles. The predicted octanol–water partition coefficient (Wildman–Crippen LogP) is 3.98. The molecule has 138 valence electrons. The zero-order chi connectivity index (χ0) is 17.2. The lowest BCUT2D eigenvalue weighted by molar-refractivity contribution is -0.126. The molecule has 1 aromatic carbocycles. The number of furan rings is 1. The minimum atomic E-state index is 0. The lowest BCUT2D eigenvalue weighted by Gasteiger charge is -2.26. The number of nitrogens with zero attached hydrogens (tertiary/aromatic N) is 1. The molecule has 1 saturated heterocycles. The van der Waals surface area contributed by atoms with Gasteiger partial charge in [0.05, 0.1) is 16.8 Å². The van der Waals surface area contributed by atoms with Gasteiger partial charge in [0.2, 0.25) is 5.91 Å². The van der Waals surface area contributed by atoms with Crippen LogP contribution in [0.1, 0.15) is 25.5 Å². The zero-order valence-corrected chi connectivity index (χ0v) is 16.2. The van der Waals surface area contributed by atoms with Crippen LogP contribution in [0.2, 0.25) is 0 Å². The van der Waals surface area contributed by atoms with Gasteiger partial charge < -0.3 is 15.1 Å². The molecular formula is C19H22ClN3O2S. The Morgan fingerprint density at radius 2 is 2.19 bits per heavy atom. The summed E-state index contributed by atoms with van der Waals surface area (Å²) in [6.07, 6.45) is 1.78. The third-order valence-corrected chi connectivity index (χ3v) is 5.65. The van der Waals surface area contributed by atoms with E-state index in [0.717, 1.165) is 46.1 Å². The minimum absolute atomic E-state index is 0. The molecule has 26 heavy (non-hydrogen) atoms. The number of carbonyl (C=O) groups is 1. The first kappa shape index (κ1) is 18.9. The first-order valence-corrected chi connectivity index (χ1v) is 9.46. The normalized spacial score (nSPS) is 19.9. The van der Waals surface area contributed by atoms with E-state index in [1.165, 1.54) is 0 Å². The molecule has 4 rings (SSSR count). The number of halogens is 1. The first-order chi connectivity index (χ1) is 12.2. The van der Waals surface area contributed by atoms with Gasteiger partial charge in [-0.1, -0.05) is 12.1 Å². The van der Waals surface area contributed by atoms with Crippen LogP contribution in [-0.2, 0) is 11.3 Å². The van der Waals surface area contributed by atoms with Crippen molar-refractivity contribution in [3.05, 3.63) is 42.2 Å². The fourth-order valence-corrected chi connectivity index (χ4v) is 4.18. The van der Waals surface area contributed by atoms with Crippen LogP contribution in [0.3, 0.4) is 0 Å². The highest BCUT2D eigenvalue weighted by molar-refractivity contribution is 7.21. The molecule has 3 heterocycles. The Kier molecular flexibility index (Phi) is 5.96. The average molecular weight is 392 g/mol. The Bertz CT molecular complexity index is 859.